The third-order valence-electron chi connectivity index (χ3n) is 3.16. The highest BCUT2D eigenvalue weighted by Gasteiger charge is 2.16. The molecule has 0 saturated heterocycles. The fraction of sp³-hybridized carbons (Fsp3) is 0.462. The van der Waals surface area contributed by atoms with Crippen LogP contribution >= 0.6 is 0 Å². The molecule has 0 amide bonds. The largest absolute Gasteiger partial charge is 0.312 e. The van der Waals surface area contributed by atoms with Crippen LogP contribution in [-0.4, -0.2) is 6.54 Å². The van der Waals surface area contributed by atoms with Crippen molar-refractivity contribution in [3.05, 3.63) is 35.1 Å². The van der Waals surface area contributed by atoms with E-state index in [2.05, 4.69) is 5.32 Å². The van der Waals surface area contributed by atoms with E-state index in [1.807, 2.05) is 6.07 Å². The van der Waals surface area contributed by atoms with Gasteiger partial charge < -0.3 is 5.32 Å². The summed E-state index contributed by atoms with van der Waals surface area (Å²) in [5.74, 6) is 0.488. The number of nitrogens with zero attached hydrogens (tertiary/aromatic N) is 1. The molecule has 0 aliphatic heterocycles. The van der Waals surface area contributed by atoms with E-state index in [1.54, 1.807) is 12.1 Å². The Hall–Kier alpha value is -1.40. The van der Waals surface area contributed by atoms with Gasteiger partial charge in [-0.25, -0.2) is 4.39 Å². The van der Waals surface area contributed by atoms with Gasteiger partial charge in [0.2, 0.25) is 0 Å². The van der Waals surface area contributed by atoms with Crippen LogP contribution in [0.3, 0.4) is 0 Å². The second-order valence-electron chi connectivity index (χ2n) is 4.35. The van der Waals surface area contributed by atoms with Crippen LogP contribution in [0, 0.1) is 23.1 Å². The zero-order chi connectivity index (χ0) is 11.4. The molecule has 1 aromatic rings. The maximum absolute atomic E-state index is 13.5. The van der Waals surface area contributed by atoms with Crippen molar-refractivity contribution < 1.29 is 4.39 Å². The van der Waals surface area contributed by atoms with E-state index in [4.69, 9.17) is 5.26 Å². The first kappa shape index (κ1) is 11.1. The van der Waals surface area contributed by atoms with E-state index in [1.165, 1.54) is 25.3 Å². The number of nitrogens with one attached hydrogen (secondary N) is 1. The highest BCUT2D eigenvalue weighted by atomic mass is 19.1. The van der Waals surface area contributed by atoms with Gasteiger partial charge in [-0.15, -0.1) is 0 Å². The first-order chi connectivity index (χ1) is 7.79. The van der Waals surface area contributed by atoms with Crippen LogP contribution in [0.15, 0.2) is 18.2 Å². The standard InChI is InChI=1S/C13H15FN2/c14-13-6-11(7-15)4-5-12(13)9-16-8-10-2-1-3-10/h4-6,10,16H,1-3,8-9H2. The molecule has 0 atom stereocenters. The third-order valence-corrected chi connectivity index (χ3v) is 3.16. The lowest BCUT2D eigenvalue weighted by Gasteiger charge is -2.25. The Morgan fingerprint density at radius 2 is 2.25 bits per heavy atom. The summed E-state index contributed by atoms with van der Waals surface area (Å²) in [7, 11) is 0. The number of nitriles is 1. The molecule has 1 N–H and O–H groups in total. The van der Waals surface area contributed by atoms with E-state index in [-0.39, 0.29) is 5.82 Å². The van der Waals surface area contributed by atoms with Crippen molar-refractivity contribution in [2.24, 2.45) is 5.92 Å². The normalized spacial score (nSPS) is 15.5. The summed E-state index contributed by atoms with van der Waals surface area (Å²) >= 11 is 0. The summed E-state index contributed by atoms with van der Waals surface area (Å²) in [4.78, 5) is 0. The second kappa shape index (κ2) is 5.09. The molecule has 2 rings (SSSR count). The van der Waals surface area contributed by atoms with E-state index in [9.17, 15) is 4.39 Å². The number of hydrogen-bond acceptors (Lipinski definition) is 2. The van der Waals surface area contributed by atoms with Gasteiger partial charge in [-0.05, 0) is 37.4 Å². The third kappa shape index (κ3) is 2.59. The summed E-state index contributed by atoms with van der Waals surface area (Å²) in [6.07, 6.45) is 3.92. The van der Waals surface area contributed by atoms with Gasteiger partial charge >= 0.3 is 0 Å². The van der Waals surface area contributed by atoms with Crippen molar-refractivity contribution in [1.29, 1.82) is 5.26 Å². The van der Waals surface area contributed by atoms with Crippen LogP contribution in [0.25, 0.3) is 0 Å². The van der Waals surface area contributed by atoms with Gasteiger partial charge in [-0.3, -0.25) is 0 Å². The number of benzene rings is 1. The molecule has 0 radical (unpaired) electrons. The van der Waals surface area contributed by atoms with E-state index in [0.717, 1.165) is 12.5 Å². The van der Waals surface area contributed by atoms with Crippen LogP contribution in [0.4, 0.5) is 4.39 Å². The van der Waals surface area contributed by atoms with Gasteiger partial charge in [0.15, 0.2) is 0 Å². The zero-order valence-electron chi connectivity index (χ0n) is 9.17. The molecule has 0 aromatic heterocycles. The van der Waals surface area contributed by atoms with Crippen molar-refractivity contribution in [1.82, 2.24) is 5.32 Å². The highest BCUT2D eigenvalue weighted by molar-refractivity contribution is 5.32. The Morgan fingerprint density at radius 1 is 1.44 bits per heavy atom. The molecule has 2 nitrogen and oxygen atoms in total. The average Bonchev–Trinajstić information content (AvgIpc) is 2.23. The summed E-state index contributed by atoms with van der Waals surface area (Å²) in [6.45, 7) is 1.52. The van der Waals surface area contributed by atoms with E-state index in [0.29, 0.717) is 17.7 Å². The molecular weight excluding hydrogens is 203 g/mol. The summed E-state index contributed by atoms with van der Waals surface area (Å²) in [6, 6.07) is 6.56. The van der Waals surface area contributed by atoms with Crippen molar-refractivity contribution in [2.75, 3.05) is 6.54 Å². The Balaban J connectivity index is 1.86. The SMILES string of the molecule is N#Cc1ccc(CNCC2CCC2)c(F)c1. The molecule has 1 aliphatic carbocycles. The van der Waals surface area contributed by atoms with E-state index < -0.39 is 0 Å². The first-order valence-electron chi connectivity index (χ1n) is 5.69. The monoisotopic (exact) mass is 218 g/mol. The maximum Gasteiger partial charge on any atom is 0.129 e. The smallest absolute Gasteiger partial charge is 0.129 e. The van der Waals surface area contributed by atoms with Gasteiger partial charge in [0.1, 0.15) is 5.82 Å². The van der Waals surface area contributed by atoms with Gasteiger partial charge in [0, 0.05) is 12.1 Å². The molecular formula is C13H15FN2. The van der Waals surface area contributed by atoms with Gasteiger partial charge in [0.25, 0.3) is 0 Å². The fourth-order valence-electron chi connectivity index (χ4n) is 1.87. The Labute approximate surface area is 95.1 Å². The molecule has 3 heteroatoms. The van der Waals surface area contributed by atoms with E-state index >= 15 is 0 Å². The minimum atomic E-state index is -0.292. The summed E-state index contributed by atoms with van der Waals surface area (Å²) in [5.41, 5.74) is 1.01. The number of rotatable bonds is 4. The topological polar surface area (TPSA) is 35.8 Å². The predicted molar refractivity (Wildman–Crippen MR) is 60.2 cm³/mol. The zero-order valence-corrected chi connectivity index (χ0v) is 9.17. The number of halogens is 1. The molecule has 1 aliphatic rings. The molecule has 1 aromatic carbocycles. The molecule has 0 heterocycles. The summed E-state index contributed by atoms with van der Waals surface area (Å²) in [5, 5.41) is 11.9. The quantitative estimate of drug-likeness (QED) is 0.843. The van der Waals surface area contributed by atoms with Crippen LogP contribution in [0.2, 0.25) is 0 Å². The van der Waals surface area contributed by atoms with Crippen LogP contribution in [0.5, 0.6) is 0 Å². The minimum Gasteiger partial charge on any atom is -0.312 e. The molecule has 84 valence electrons. The lowest BCUT2D eigenvalue weighted by molar-refractivity contribution is 0.301. The minimum absolute atomic E-state index is 0.292. The lowest BCUT2D eigenvalue weighted by Crippen LogP contribution is -2.27. The van der Waals surface area contributed by atoms with Crippen molar-refractivity contribution in [3.63, 3.8) is 0 Å². The van der Waals surface area contributed by atoms with Crippen LogP contribution < -0.4 is 5.32 Å². The Morgan fingerprint density at radius 3 is 2.81 bits per heavy atom. The molecule has 1 saturated carbocycles. The Bertz CT molecular complexity index is 405. The molecule has 0 spiro atoms. The Kier molecular flexibility index (Phi) is 3.53. The van der Waals surface area contributed by atoms with Gasteiger partial charge in [-0.1, -0.05) is 12.5 Å². The van der Waals surface area contributed by atoms with Crippen LogP contribution in [0.1, 0.15) is 30.4 Å². The van der Waals surface area contributed by atoms with Crippen molar-refractivity contribution in [2.45, 2.75) is 25.8 Å². The molecule has 1 fully saturated rings. The van der Waals surface area contributed by atoms with Crippen molar-refractivity contribution >= 4 is 0 Å². The first-order valence-corrected chi connectivity index (χ1v) is 5.69. The second-order valence-corrected chi connectivity index (χ2v) is 4.35. The maximum atomic E-state index is 13.5. The number of hydrogen-bond donors (Lipinski definition) is 1. The lowest BCUT2D eigenvalue weighted by atomic mass is 9.85. The van der Waals surface area contributed by atoms with Gasteiger partial charge in [0.05, 0.1) is 11.6 Å². The summed E-state index contributed by atoms with van der Waals surface area (Å²) < 4.78 is 13.5. The highest BCUT2D eigenvalue weighted by Crippen LogP contribution is 2.25. The average molecular weight is 218 g/mol. The molecule has 0 unspecified atom stereocenters. The molecule has 16 heavy (non-hydrogen) atoms. The van der Waals surface area contributed by atoms with Crippen molar-refractivity contribution in [3.8, 4) is 6.07 Å². The molecule has 0 bridgehead atoms. The predicted octanol–water partition coefficient (Wildman–Crippen LogP) is 2.59. The van der Waals surface area contributed by atoms with Gasteiger partial charge in [-0.2, -0.15) is 5.26 Å². The fourth-order valence-corrected chi connectivity index (χ4v) is 1.87. The van der Waals surface area contributed by atoms with Crippen LogP contribution in [-0.2, 0) is 6.54 Å².